The summed E-state index contributed by atoms with van der Waals surface area (Å²) in [6.45, 7) is 13.6. The molecular formula is C30H44O4. The maximum absolute atomic E-state index is 12.3. The SMILES string of the molecule is CCCC(C)(C)C(=O)Oc1ccccc1.CCCCOCCC(C)(C)C(=O)Cc1ccccc1. The molecule has 188 valence electrons. The summed E-state index contributed by atoms with van der Waals surface area (Å²) in [4.78, 5) is 24.1. The maximum Gasteiger partial charge on any atom is 0.316 e. The average molecular weight is 469 g/mol. The quantitative estimate of drug-likeness (QED) is 0.174. The number of esters is 1. The van der Waals surface area contributed by atoms with Gasteiger partial charge in [-0.1, -0.05) is 89.1 Å². The number of rotatable bonds is 13. The second kappa shape index (κ2) is 15.4. The molecule has 0 heterocycles. The van der Waals surface area contributed by atoms with Crippen molar-refractivity contribution in [3.63, 3.8) is 0 Å². The van der Waals surface area contributed by atoms with Crippen LogP contribution in [0.4, 0.5) is 0 Å². The third kappa shape index (κ3) is 11.6. The Morgan fingerprint density at radius 3 is 1.88 bits per heavy atom. The molecule has 0 unspecified atom stereocenters. The first kappa shape index (κ1) is 29.6. The van der Waals surface area contributed by atoms with Gasteiger partial charge < -0.3 is 9.47 Å². The van der Waals surface area contributed by atoms with Gasteiger partial charge in [-0.3, -0.25) is 9.59 Å². The lowest BCUT2D eigenvalue weighted by Crippen LogP contribution is -2.28. The summed E-state index contributed by atoms with van der Waals surface area (Å²) < 4.78 is 10.9. The van der Waals surface area contributed by atoms with E-state index in [0.29, 0.717) is 18.8 Å². The minimum atomic E-state index is -0.398. The number of Topliss-reactive ketones (excluding diaryl/α,β-unsaturated/α-hetero) is 1. The second-order valence-corrected chi connectivity index (χ2v) is 10.0. The summed E-state index contributed by atoms with van der Waals surface area (Å²) in [5.41, 5.74) is 0.389. The van der Waals surface area contributed by atoms with E-state index in [2.05, 4.69) is 13.8 Å². The van der Waals surface area contributed by atoms with E-state index in [0.717, 1.165) is 44.3 Å². The van der Waals surface area contributed by atoms with Crippen molar-refractivity contribution in [1.29, 1.82) is 0 Å². The Kier molecular flexibility index (Phi) is 13.4. The highest BCUT2D eigenvalue weighted by Crippen LogP contribution is 2.25. The summed E-state index contributed by atoms with van der Waals surface area (Å²) in [7, 11) is 0. The first-order valence-corrected chi connectivity index (χ1v) is 12.5. The number of hydrogen-bond donors (Lipinski definition) is 0. The summed E-state index contributed by atoms with van der Waals surface area (Å²) in [6, 6.07) is 19.1. The largest absolute Gasteiger partial charge is 0.426 e. The first-order chi connectivity index (χ1) is 16.1. The van der Waals surface area contributed by atoms with Crippen LogP contribution >= 0.6 is 0 Å². The van der Waals surface area contributed by atoms with Crippen molar-refractivity contribution in [3.8, 4) is 5.75 Å². The lowest BCUT2D eigenvalue weighted by molar-refractivity contribution is -0.144. The monoisotopic (exact) mass is 468 g/mol. The van der Waals surface area contributed by atoms with E-state index in [9.17, 15) is 9.59 Å². The van der Waals surface area contributed by atoms with Crippen molar-refractivity contribution in [2.45, 2.75) is 80.1 Å². The van der Waals surface area contributed by atoms with Crippen molar-refractivity contribution < 1.29 is 19.1 Å². The molecule has 0 saturated heterocycles. The topological polar surface area (TPSA) is 52.6 Å². The number of carbonyl (C=O) groups excluding carboxylic acids is 2. The van der Waals surface area contributed by atoms with E-state index in [4.69, 9.17) is 9.47 Å². The van der Waals surface area contributed by atoms with Crippen molar-refractivity contribution >= 4 is 11.8 Å². The van der Waals surface area contributed by atoms with E-state index in [1.807, 2.05) is 76.2 Å². The lowest BCUT2D eigenvalue weighted by atomic mass is 9.82. The van der Waals surface area contributed by atoms with Crippen LogP contribution in [0.15, 0.2) is 60.7 Å². The van der Waals surface area contributed by atoms with Gasteiger partial charge in [0.2, 0.25) is 0 Å². The summed E-state index contributed by atoms with van der Waals surface area (Å²) in [5, 5.41) is 0. The van der Waals surface area contributed by atoms with Gasteiger partial charge >= 0.3 is 5.97 Å². The van der Waals surface area contributed by atoms with Gasteiger partial charge in [0.05, 0.1) is 5.41 Å². The molecule has 0 N–H and O–H groups in total. The zero-order valence-corrected chi connectivity index (χ0v) is 22.1. The molecule has 2 aromatic carbocycles. The zero-order valence-electron chi connectivity index (χ0n) is 22.1. The number of para-hydroxylation sites is 1. The van der Waals surface area contributed by atoms with Crippen LogP contribution in [0.25, 0.3) is 0 Å². The predicted molar refractivity (Wildman–Crippen MR) is 140 cm³/mol. The Balaban J connectivity index is 0.000000350. The molecule has 0 saturated carbocycles. The van der Waals surface area contributed by atoms with Crippen LogP contribution in [-0.4, -0.2) is 25.0 Å². The Labute approximate surface area is 207 Å². The van der Waals surface area contributed by atoms with Gasteiger partial charge in [0.15, 0.2) is 0 Å². The standard InChI is InChI=1S/C17H26O2.C13H18O2/c1-4-5-12-19-13-11-17(2,3)16(18)14-15-9-7-6-8-10-15;1-4-10-13(2,3)12(14)15-11-8-6-5-7-9-11/h6-10H,4-5,11-14H2,1-3H3;5-9H,4,10H2,1-3H3. The van der Waals surface area contributed by atoms with Crippen LogP contribution in [0.1, 0.15) is 79.2 Å². The normalized spacial score (nSPS) is 11.4. The molecule has 2 rings (SSSR count). The Bertz CT molecular complexity index is 825. The minimum Gasteiger partial charge on any atom is -0.426 e. The molecule has 0 radical (unpaired) electrons. The van der Waals surface area contributed by atoms with Crippen molar-refractivity contribution in [2.75, 3.05) is 13.2 Å². The molecule has 4 heteroatoms. The van der Waals surface area contributed by atoms with Crippen LogP contribution in [0.5, 0.6) is 5.75 Å². The van der Waals surface area contributed by atoms with Crippen molar-refractivity contribution in [3.05, 3.63) is 66.2 Å². The number of hydrogen-bond acceptors (Lipinski definition) is 4. The lowest BCUT2D eigenvalue weighted by Gasteiger charge is -2.23. The zero-order chi connectivity index (χ0) is 25.5. The molecule has 0 aliphatic heterocycles. The molecule has 34 heavy (non-hydrogen) atoms. The number of carbonyl (C=O) groups is 2. The van der Waals surface area contributed by atoms with E-state index < -0.39 is 5.41 Å². The summed E-state index contributed by atoms with van der Waals surface area (Å²) in [6.07, 6.45) is 5.38. The van der Waals surface area contributed by atoms with Gasteiger partial charge in [-0.2, -0.15) is 0 Å². The van der Waals surface area contributed by atoms with Crippen molar-refractivity contribution in [2.24, 2.45) is 10.8 Å². The van der Waals surface area contributed by atoms with Gasteiger partial charge in [0.25, 0.3) is 0 Å². The van der Waals surface area contributed by atoms with Crippen LogP contribution in [0.3, 0.4) is 0 Å². The van der Waals surface area contributed by atoms with Gasteiger partial charge in [0.1, 0.15) is 11.5 Å². The van der Waals surface area contributed by atoms with Gasteiger partial charge in [-0.25, -0.2) is 0 Å². The fraction of sp³-hybridized carbons (Fsp3) is 0.533. The highest BCUT2D eigenvalue weighted by Gasteiger charge is 2.28. The molecule has 0 aromatic heterocycles. The van der Waals surface area contributed by atoms with E-state index in [1.54, 1.807) is 12.1 Å². The van der Waals surface area contributed by atoms with E-state index in [-0.39, 0.29) is 17.2 Å². The van der Waals surface area contributed by atoms with E-state index >= 15 is 0 Å². The smallest absolute Gasteiger partial charge is 0.316 e. The Hall–Kier alpha value is -2.46. The number of benzene rings is 2. The molecule has 0 bridgehead atoms. The van der Waals surface area contributed by atoms with Crippen LogP contribution in [0, 0.1) is 10.8 Å². The summed E-state index contributed by atoms with van der Waals surface area (Å²) >= 11 is 0. The first-order valence-electron chi connectivity index (χ1n) is 12.5. The van der Waals surface area contributed by atoms with Gasteiger partial charge in [0, 0.05) is 25.0 Å². The average Bonchev–Trinajstić information content (AvgIpc) is 2.80. The van der Waals surface area contributed by atoms with Crippen LogP contribution in [-0.2, 0) is 20.7 Å². The predicted octanol–water partition coefficient (Wildman–Crippen LogP) is 7.45. The molecule has 0 aliphatic carbocycles. The van der Waals surface area contributed by atoms with Crippen LogP contribution in [0.2, 0.25) is 0 Å². The minimum absolute atomic E-state index is 0.157. The summed E-state index contributed by atoms with van der Waals surface area (Å²) in [5.74, 6) is 0.750. The Morgan fingerprint density at radius 1 is 0.735 bits per heavy atom. The maximum atomic E-state index is 12.3. The number of ketones is 1. The van der Waals surface area contributed by atoms with Gasteiger partial charge in [-0.15, -0.1) is 0 Å². The highest BCUT2D eigenvalue weighted by atomic mass is 16.5. The molecule has 0 aliphatic rings. The number of unbranched alkanes of at least 4 members (excludes halogenated alkanes) is 1. The van der Waals surface area contributed by atoms with E-state index in [1.165, 1.54) is 0 Å². The highest BCUT2D eigenvalue weighted by molar-refractivity contribution is 5.86. The third-order valence-electron chi connectivity index (χ3n) is 5.86. The molecule has 0 fully saturated rings. The molecule has 0 atom stereocenters. The second-order valence-electron chi connectivity index (χ2n) is 10.0. The van der Waals surface area contributed by atoms with Crippen molar-refractivity contribution in [1.82, 2.24) is 0 Å². The molecule has 4 nitrogen and oxygen atoms in total. The number of ether oxygens (including phenoxy) is 2. The molecule has 2 aromatic rings. The van der Waals surface area contributed by atoms with Crippen LogP contribution < -0.4 is 4.74 Å². The van der Waals surface area contributed by atoms with Gasteiger partial charge in [-0.05, 0) is 50.8 Å². The molecule has 0 spiro atoms. The molecule has 0 amide bonds. The fourth-order valence-corrected chi connectivity index (χ4v) is 3.30. The fourth-order valence-electron chi connectivity index (χ4n) is 3.30. The Morgan fingerprint density at radius 2 is 1.32 bits per heavy atom. The molecular weight excluding hydrogens is 424 g/mol. The third-order valence-corrected chi connectivity index (χ3v) is 5.86.